The highest BCUT2D eigenvalue weighted by Gasteiger charge is 2.11. The summed E-state index contributed by atoms with van der Waals surface area (Å²) in [5.74, 6) is -0.855. The van der Waals surface area contributed by atoms with Gasteiger partial charge in [-0.05, 0) is 41.1 Å². The van der Waals surface area contributed by atoms with Crippen LogP contribution in [0.2, 0.25) is 0 Å². The minimum absolute atomic E-state index is 0.224. The van der Waals surface area contributed by atoms with Gasteiger partial charge in [0.25, 0.3) is 0 Å². The smallest absolute Gasteiger partial charge is 0.338 e. The van der Waals surface area contributed by atoms with Crippen molar-refractivity contribution < 1.29 is 19.1 Å². The normalized spacial score (nSPS) is 10.5. The van der Waals surface area contributed by atoms with Gasteiger partial charge in [-0.1, -0.05) is 18.2 Å². The first-order valence-electron chi connectivity index (χ1n) is 6.99. The van der Waals surface area contributed by atoms with E-state index in [0.29, 0.717) is 11.1 Å². The highest BCUT2D eigenvalue weighted by molar-refractivity contribution is 7.17. The van der Waals surface area contributed by atoms with Crippen molar-refractivity contribution in [2.45, 2.75) is 6.61 Å². The van der Waals surface area contributed by atoms with Crippen LogP contribution in [0.5, 0.6) is 0 Å². The van der Waals surface area contributed by atoms with Gasteiger partial charge in [-0.15, -0.1) is 11.3 Å². The lowest BCUT2D eigenvalue weighted by atomic mass is 10.1. The van der Waals surface area contributed by atoms with E-state index in [1.54, 1.807) is 35.6 Å². The monoisotopic (exact) mass is 326 g/mol. The molecule has 0 amide bonds. The zero-order valence-electron chi connectivity index (χ0n) is 12.4. The van der Waals surface area contributed by atoms with E-state index < -0.39 is 11.9 Å². The number of fused-ring (bicyclic) bond motifs is 1. The van der Waals surface area contributed by atoms with E-state index in [1.807, 2.05) is 29.6 Å². The highest BCUT2D eigenvalue weighted by atomic mass is 32.1. The van der Waals surface area contributed by atoms with Crippen molar-refractivity contribution >= 4 is 33.4 Å². The SMILES string of the molecule is COC(=O)c1ccc(C(=O)OCc2csc3ccccc23)cc1. The molecule has 0 unspecified atom stereocenters. The summed E-state index contributed by atoms with van der Waals surface area (Å²) in [7, 11) is 1.32. The number of benzene rings is 2. The van der Waals surface area contributed by atoms with Crippen molar-refractivity contribution in [3.63, 3.8) is 0 Å². The minimum atomic E-state index is -0.435. The van der Waals surface area contributed by atoms with Crippen LogP contribution in [0, 0.1) is 0 Å². The molecule has 1 heterocycles. The van der Waals surface area contributed by atoms with Gasteiger partial charge >= 0.3 is 11.9 Å². The van der Waals surface area contributed by atoms with E-state index in [-0.39, 0.29) is 6.61 Å². The molecule has 0 aliphatic rings. The second-order valence-corrected chi connectivity index (χ2v) is 5.81. The first-order valence-corrected chi connectivity index (χ1v) is 7.87. The minimum Gasteiger partial charge on any atom is -0.465 e. The topological polar surface area (TPSA) is 52.6 Å². The fraction of sp³-hybridized carbons (Fsp3) is 0.111. The molecule has 0 N–H and O–H groups in total. The molecule has 0 aliphatic heterocycles. The Morgan fingerprint density at radius 3 is 2.30 bits per heavy atom. The molecule has 4 nitrogen and oxygen atoms in total. The van der Waals surface area contributed by atoms with E-state index in [1.165, 1.54) is 11.8 Å². The van der Waals surface area contributed by atoms with Crippen LogP contribution in [0.3, 0.4) is 0 Å². The Bertz CT molecular complexity index is 849. The van der Waals surface area contributed by atoms with E-state index >= 15 is 0 Å². The molecule has 3 rings (SSSR count). The summed E-state index contributed by atoms with van der Waals surface area (Å²) in [6.07, 6.45) is 0. The van der Waals surface area contributed by atoms with Gasteiger partial charge < -0.3 is 9.47 Å². The second kappa shape index (κ2) is 6.62. The lowest BCUT2D eigenvalue weighted by Crippen LogP contribution is -2.06. The zero-order chi connectivity index (χ0) is 16.2. The largest absolute Gasteiger partial charge is 0.465 e. The molecule has 0 atom stereocenters. The fourth-order valence-electron chi connectivity index (χ4n) is 2.23. The van der Waals surface area contributed by atoms with Crippen LogP contribution in [0.4, 0.5) is 0 Å². The van der Waals surface area contributed by atoms with Crippen molar-refractivity contribution in [2.75, 3.05) is 7.11 Å². The van der Waals surface area contributed by atoms with Crippen LogP contribution in [0.25, 0.3) is 10.1 Å². The predicted molar refractivity (Wildman–Crippen MR) is 88.7 cm³/mol. The third-order valence-electron chi connectivity index (χ3n) is 3.46. The van der Waals surface area contributed by atoms with Crippen molar-refractivity contribution in [2.24, 2.45) is 0 Å². The van der Waals surface area contributed by atoms with Crippen LogP contribution in [0.15, 0.2) is 53.9 Å². The Balaban J connectivity index is 1.68. The quantitative estimate of drug-likeness (QED) is 0.679. The van der Waals surface area contributed by atoms with Crippen molar-refractivity contribution in [1.82, 2.24) is 0 Å². The average molecular weight is 326 g/mol. The summed E-state index contributed by atoms with van der Waals surface area (Å²) in [6, 6.07) is 14.2. The number of methoxy groups -OCH3 is 1. The third kappa shape index (κ3) is 3.24. The Kier molecular flexibility index (Phi) is 4.39. The highest BCUT2D eigenvalue weighted by Crippen LogP contribution is 2.26. The standard InChI is InChI=1S/C18H14O4S/c1-21-17(19)12-6-8-13(9-7-12)18(20)22-10-14-11-23-16-5-3-2-4-15(14)16/h2-9,11H,10H2,1H3. The van der Waals surface area contributed by atoms with Crippen LogP contribution < -0.4 is 0 Å². The molecule has 1 aromatic heterocycles. The van der Waals surface area contributed by atoms with Gasteiger partial charge in [-0.2, -0.15) is 0 Å². The van der Waals surface area contributed by atoms with Crippen molar-refractivity contribution in [3.8, 4) is 0 Å². The zero-order valence-corrected chi connectivity index (χ0v) is 13.3. The lowest BCUT2D eigenvalue weighted by Gasteiger charge is -2.05. The van der Waals surface area contributed by atoms with Crippen LogP contribution in [-0.4, -0.2) is 19.0 Å². The molecule has 0 bridgehead atoms. The summed E-state index contributed by atoms with van der Waals surface area (Å²) in [5.41, 5.74) is 1.79. The van der Waals surface area contributed by atoms with E-state index in [2.05, 4.69) is 4.74 Å². The van der Waals surface area contributed by atoms with Gasteiger partial charge in [0.1, 0.15) is 6.61 Å². The average Bonchev–Trinajstić information content (AvgIpc) is 3.02. The number of thiophene rings is 1. The third-order valence-corrected chi connectivity index (χ3v) is 4.47. The molecular formula is C18H14O4S. The number of ether oxygens (including phenoxy) is 2. The number of carbonyl (C=O) groups is 2. The van der Waals surface area contributed by atoms with Crippen LogP contribution in [0.1, 0.15) is 26.3 Å². The molecule has 0 radical (unpaired) electrons. The van der Waals surface area contributed by atoms with Crippen LogP contribution in [-0.2, 0) is 16.1 Å². The van der Waals surface area contributed by atoms with E-state index in [4.69, 9.17) is 4.74 Å². The Hall–Kier alpha value is -2.66. The summed E-state index contributed by atoms with van der Waals surface area (Å²) in [6.45, 7) is 0.224. The lowest BCUT2D eigenvalue weighted by molar-refractivity contribution is 0.0473. The molecule has 116 valence electrons. The second-order valence-electron chi connectivity index (χ2n) is 4.90. The Morgan fingerprint density at radius 2 is 1.61 bits per heavy atom. The van der Waals surface area contributed by atoms with Crippen LogP contribution >= 0.6 is 11.3 Å². The fourth-order valence-corrected chi connectivity index (χ4v) is 3.18. The summed E-state index contributed by atoms with van der Waals surface area (Å²) < 4.78 is 11.1. The van der Waals surface area contributed by atoms with Gasteiger partial charge in [0.2, 0.25) is 0 Å². The first kappa shape index (κ1) is 15.2. The molecular weight excluding hydrogens is 312 g/mol. The molecule has 3 aromatic rings. The number of hydrogen-bond acceptors (Lipinski definition) is 5. The Labute approximate surface area is 137 Å². The molecule has 0 saturated carbocycles. The van der Waals surface area contributed by atoms with E-state index in [0.717, 1.165) is 10.9 Å². The summed E-state index contributed by atoms with van der Waals surface area (Å²) in [5, 5.41) is 3.10. The predicted octanol–water partition coefficient (Wildman–Crippen LogP) is 4.04. The van der Waals surface area contributed by atoms with E-state index in [9.17, 15) is 9.59 Å². The maximum atomic E-state index is 12.1. The molecule has 5 heteroatoms. The molecule has 0 aliphatic carbocycles. The molecule has 0 saturated heterocycles. The molecule has 2 aromatic carbocycles. The van der Waals surface area contributed by atoms with Gasteiger partial charge in [0.05, 0.1) is 18.2 Å². The summed E-state index contributed by atoms with van der Waals surface area (Å²) in [4.78, 5) is 23.5. The Morgan fingerprint density at radius 1 is 0.957 bits per heavy atom. The van der Waals surface area contributed by atoms with Crippen molar-refractivity contribution in [1.29, 1.82) is 0 Å². The molecule has 23 heavy (non-hydrogen) atoms. The van der Waals surface area contributed by atoms with Gasteiger partial charge in [0.15, 0.2) is 0 Å². The van der Waals surface area contributed by atoms with Gasteiger partial charge in [-0.3, -0.25) is 0 Å². The maximum Gasteiger partial charge on any atom is 0.338 e. The number of rotatable bonds is 4. The van der Waals surface area contributed by atoms with Gasteiger partial charge in [0, 0.05) is 10.3 Å². The molecule has 0 fully saturated rings. The molecule has 0 spiro atoms. The van der Waals surface area contributed by atoms with Crippen molar-refractivity contribution in [3.05, 3.63) is 70.6 Å². The number of esters is 2. The van der Waals surface area contributed by atoms with Gasteiger partial charge in [-0.25, -0.2) is 9.59 Å². The number of carbonyl (C=O) groups excluding carboxylic acids is 2. The summed E-state index contributed by atoms with van der Waals surface area (Å²) >= 11 is 1.63. The number of hydrogen-bond donors (Lipinski definition) is 0. The maximum absolute atomic E-state index is 12.1. The first-order chi connectivity index (χ1) is 11.2.